The van der Waals surface area contributed by atoms with Crippen LogP contribution in [0.25, 0.3) is 0 Å². The van der Waals surface area contributed by atoms with Crippen molar-refractivity contribution >= 4 is 46.5 Å². The number of hydrogen-bond donors (Lipinski definition) is 2. The van der Waals surface area contributed by atoms with Gasteiger partial charge in [0.2, 0.25) is 17.7 Å². The summed E-state index contributed by atoms with van der Waals surface area (Å²) < 4.78 is 0. The van der Waals surface area contributed by atoms with Crippen molar-refractivity contribution in [3.63, 3.8) is 0 Å². The fourth-order valence-electron chi connectivity index (χ4n) is 7.03. The van der Waals surface area contributed by atoms with Gasteiger partial charge in [-0.1, -0.05) is 35.6 Å². The number of carbonyl (C=O) groups is 3. The molecule has 0 radical (unpaired) electrons. The lowest BCUT2D eigenvalue weighted by Gasteiger charge is -2.42. The molecule has 7 rings (SSSR count). The average molecular weight is 519 g/mol. The molecule has 10 heteroatoms. The lowest BCUT2D eigenvalue weighted by atomic mass is 9.68. The molecule has 2 aliphatic carbocycles. The van der Waals surface area contributed by atoms with Crippen LogP contribution in [0.1, 0.15) is 22.8 Å². The molecule has 1 saturated heterocycles. The molecular formula is C26H22N4O4S2. The highest BCUT2D eigenvalue weighted by Crippen LogP contribution is 2.68. The van der Waals surface area contributed by atoms with Crippen LogP contribution in [0.3, 0.4) is 0 Å². The number of thioether (sulfide) groups is 1. The van der Waals surface area contributed by atoms with Gasteiger partial charge in [-0.2, -0.15) is 0 Å². The van der Waals surface area contributed by atoms with Crippen LogP contribution < -0.4 is 10.2 Å². The van der Waals surface area contributed by atoms with E-state index < -0.39 is 11.8 Å². The summed E-state index contributed by atoms with van der Waals surface area (Å²) in [7, 11) is 0. The molecule has 7 atom stereocenters. The number of imide groups is 1. The number of pyridine rings is 1. The molecule has 0 spiro atoms. The van der Waals surface area contributed by atoms with Crippen LogP contribution in [0.4, 0.5) is 5.69 Å². The number of fused-ring (bicyclic) bond motifs is 9. The van der Waals surface area contributed by atoms with Crippen LogP contribution in [0, 0.1) is 29.6 Å². The number of rotatable bonds is 4. The first-order chi connectivity index (χ1) is 17.5. The number of carbonyl (C=O) groups excluding carboxylic acids is 3. The predicted octanol–water partition coefficient (Wildman–Crippen LogP) is 2.94. The maximum absolute atomic E-state index is 13.6. The number of benzene rings is 1. The minimum atomic E-state index is -0.412. The number of hydrogen-bond acceptors (Lipinski definition) is 7. The van der Waals surface area contributed by atoms with Crippen LogP contribution in [0.2, 0.25) is 0 Å². The molecule has 182 valence electrons. The van der Waals surface area contributed by atoms with Crippen molar-refractivity contribution in [2.75, 3.05) is 11.9 Å². The third-order valence-corrected chi connectivity index (χ3v) is 10.8. The van der Waals surface area contributed by atoms with E-state index in [0.717, 1.165) is 21.9 Å². The number of amides is 3. The Morgan fingerprint density at radius 3 is 2.58 bits per heavy atom. The monoisotopic (exact) mass is 518 g/mol. The number of nitrogens with one attached hydrogen (secondary N) is 2. The van der Waals surface area contributed by atoms with E-state index in [4.69, 9.17) is 0 Å². The van der Waals surface area contributed by atoms with Crippen molar-refractivity contribution in [1.82, 2.24) is 14.9 Å². The van der Waals surface area contributed by atoms with Crippen molar-refractivity contribution in [3.8, 4) is 0 Å². The van der Waals surface area contributed by atoms with Gasteiger partial charge < -0.3 is 10.3 Å². The van der Waals surface area contributed by atoms with Crippen LogP contribution in [-0.2, 0) is 14.4 Å². The predicted molar refractivity (Wildman–Crippen MR) is 135 cm³/mol. The highest BCUT2D eigenvalue weighted by molar-refractivity contribution is 8.00. The summed E-state index contributed by atoms with van der Waals surface area (Å²) >= 11 is 2.88. The first kappa shape index (κ1) is 22.0. The second kappa shape index (κ2) is 8.14. The largest absolute Gasteiger partial charge is 0.325 e. The van der Waals surface area contributed by atoms with Gasteiger partial charge in [0.05, 0.1) is 16.9 Å². The van der Waals surface area contributed by atoms with Crippen LogP contribution in [0.5, 0.6) is 0 Å². The maximum atomic E-state index is 13.6. The Hall–Kier alpha value is -3.24. The molecule has 3 amide bonds. The fraction of sp³-hybridized carbons (Fsp3) is 0.346. The van der Waals surface area contributed by atoms with E-state index in [1.807, 2.05) is 36.5 Å². The van der Waals surface area contributed by atoms with E-state index in [1.165, 1.54) is 16.2 Å². The summed E-state index contributed by atoms with van der Waals surface area (Å²) in [4.78, 5) is 61.5. The topological polar surface area (TPSA) is 112 Å². The minimum Gasteiger partial charge on any atom is -0.325 e. The Bertz CT molecular complexity index is 1440. The normalized spacial score (nSPS) is 31.8. The fourth-order valence-corrected chi connectivity index (χ4v) is 9.92. The van der Waals surface area contributed by atoms with Gasteiger partial charge in [0.15, 0.2) is 0 Å². The number of aromatic nitrogens is 2. The zero-order chi connectivity index (χ0) is 24.6. The number of anilines is 1. The molecule has 2 saturated carbocycles. The summed E-state index contributed by atoms with van der Waals surface area (Å²) in [5.74, 6) is -1.53. The van der Waals surface area contributed by atoms with Crippen molar-refractivity contribution in [1.29, 1.82) is 0 Å². The molecule has 3 aromatic rings. The van der Waals surface area contributed by atoms with Crippen LogP contribution in [0.15, 0.2) is 64.7 Å². The van der Waals surface area contributed by atoms with Crippen molar-refractivity contribution in [3.05, 3.63) is 75.0 Å². The second-order valence-corrected chi connectivity index (χ2v) is 12.1. The molecule has 1 aromatic carbocycles. The van der Waals surface area contributed by atoms with Crippen LogP contribution >= 0.6 is 23.1 Å². The van der Waals surface area contributed by atoms with Gasteiger partial charge in [0.25, 0.3) is 0 Å². The molecule has 2 bridgehead atoms. The van der Waals surface area contributed by atoms with E-state index >= 15 is 0 Å². The van der Waals surface area contributed by atoms with Crippen LogP contribution in [-0.4, -0.2) is 44.4 Å². The molecule has 3 fully saturated rings. The molecule has 6 unspecified atom stereocenters. The summed E-state index contributed by atoms with van der Waals surface area (Å²) in [5.41, 5.74) is 1.66. The van der Waals surface area contributed by atoms with Crippen molar-refractivity contribution < 1.29 is 14.4 Å². The SMILES string of the molecule is O=C(CN1C(=O)C2C3CC(C2C1=O)C1C3Sc2[nH]c(=O)sc2[C@@H]1c1cccnc1)Nc1ccccc1. The van der Waals surface area contributed by atoms with Gasteiger partial charge in [0, 0.05) is 34.1 Å². The van der Waals surface area contributed by atoms with E-state index in [9.17, 15) is 19.2 Å². The number of aromatic amines is 1. The van der Waals surface area contributed by atoms with E-state index in [-0.39, 0.29) is 58.1 Å². The zero-order valence-corrected chi connectivity index (χ0v) is 20.6. The summed E-state index contributed by atoms with van der Waals surface area (Å²) in [6.45, 7) is -0.270. The first-order valence-electron chi connectivity index (χ1n) is 12.0. The lowest BCUT2D eigenvalue weighted by Crippen LogP contribution is -2.42. The Balaban J connectivity index is 1.20. The van der Waals surface area contributed by atoms with E-state index in [0.29, 0.717) is 5.69 Å². The standard InChI is InChI=1S/C26H22N4O4S2/c31-16(28-13-6-2-1-3-7-13)11-30-24(32)19-14-9-15(20(19)25(30)33)21-18(14)17(12-5-4-8-27-10-12)22-23(35-21)29-26(34)36-22/h1-8,10,14-15,17-21H,9,11H2,(H,28,31)(H,29,34)/t14?,15?,17-,18?,19?,20?,21?/m1/s1. The molecule has 36 heavy (non-hydrogen) atoms. The summed E-state index contributed by atoms with van der Waals surface area (Å²) in [5, 5.41) is 3.77. The summed E-state index contributed by atoms with van der Waals surface area (Å²) in [6, 6.07) is 12.9. The number of para-hydroxylation sites is 1. The quantitative estimate of drug-likeness (QED) is 0.514. The minimum absolute atomic E-state index is 0.0201. The number of nitrogens with zero attached hydrogens (tertiary/aromatic N) is 2. The van der Waals surface area contributed by atoms with E-state index in [1.54, 1.807) is 30.1 Å². The molecule has 4 heterocycles. The van der Waals surface area contributed by atoms with Gasteiger partial charge in [-0.05, 0) is 47.9 Å². The van der Waals surface area contributed by atoms with Crippen molar-refractivity contribution in [2.24, 2.45) is 29.6 Å². The Labute approximate surface area is 214 Å². The molecule has 2 aromatic heterocycles. The average Bonchev–Trinajstić information content (AvgIpc) is 3.61. The second-order valence-electron chi connectivity index (χ2n) is 9.92. The van der Waals surface area contributed by atoms with Gasteiger partial charge in [-0.25, -0.2) is 0 Å². The van der Waals surface area contributed by atoms with Gasteiger partial charge >= 0.3 is 4.87 Å². The smallest absolute Gasteiger partial charge is 0.305 e. The molecule has 2 N–H and O–H groups in total. The number of H-pyrrole nitrogens is 1. The van der Waals surface area contributed by atoms with Crippen molar-refractivity contribution in [2.45, 2.75) is 22.6 Å². The van der Waals surface area contributed by atoms with Gasteiger partial charge in [-0.3, -0.25) is 29.1 Å². The van der Waals surface area contributed by atoms with Gasteiger partial charge in [-0.15, -0.1) is 11.8 Å². The number of likely N-dealkylation sites (tertiary alicyclic amines) is 1. The maximum Gasteiger partial charge on any atom is 0.305 e. The van der Waals surface area contributed by atoms with Gasteiger partial charge in [0.1, 0.15) is 6.54 Å². The number of thiazole rings is 1. The Kier molecular flexibility index (Phi) is 4.97. The highest BCUT2D eigenvalue weighted by Gasteiger charge is 2.69. The molecular weight excluding hydrogens is 496 g/mol. The molecule has 4 aliphatic rings. The third-order valence-electron chi connectivity index (χ3n) is 8.22. The molecule has 2 aliphatic heterocycles. The Morgan fingerprint density at radius 2 is 1.83 bits per heavy atom. The molecule has 8 nitrogen and oxygen atoms in total. The first-order valence-corrected chi connectivity index (χ1v) is 13.7. The highest BCUT2D eigenvalue weighted by atomic mass is 32.2. The Morgan fingerprint density at radius 1 is 1.06 bits per heavy atom. The zero-order valence-electron chi connectivity index (χ0n) is 19.0. The summed E-state index contributed by atoms with van der Waals surface area (Å²) in [6.07, 6.45) is 4.39. The van der Waals surface area contributed by atoms with E-state index in [2.05, 4.69) is 15.3 Å². The lowest BCUT2D eigenvalue weighted by molar-refractivity contribution is -0.143. The third kappa shape index (κ3) is 3.17.